The zero-order chi connectivity index (χ0) is 13.9. The van der Waals surface area contributed by atoms with Crippen LogP contribution in [-0.4, -0.2) is 11.0 Å². The van der Waals surface area contributed by atoms with Crippen LogP contribution in [0.4, 0.5) is 0 Å². The number of hydrogen-bond donors (Lipinski definition) is 0. The molecule has 0 bridgehead atoms. The normalized spacial score (nSPS) is 16.2. The predicted molar refractivity (Wildman–Crippen MR) is 79.0 cm³/mol. The van der Waals surface area contributed by atoms with Crippen LogP contribution in [0.1, 0.15) is 32.1 Å². The van der Waals surface area contributed by atoms with Crippen molar-refractivity contribution in [2.75, 3.05) is 0 Å². The van der Waals surface area contributed by atoms with E-state index in [2.05, 4.69) is 4.98 Å². The highest BCUT2D eigenvalue weighted by atomic mass is 35.5. The van der Waals surface area contributed by atoms with Gasteiger partial charge in [-0.05, 0) is 37.1 Å². The van der Waals surface area contributed by atoms with Gasteiger partial charge in [-0.15, -0.1) is 0 Å². The van der Waals surface area contributed by atoms with Crippen molar-refractivity contribution < 1.29 is 9.53 Å². The molecule has 1 aromatic heterocycles. The second-order valence-electron chi connectivity index (χ2n) is 5.20. The molecule has 3 nitrogen and oxygen atoms in total. The topological polar surface area (TPSA) is 39.2 Å². The van der Waals surface area contributed by atoms with Crippen LogP contribution in [0.25, 0.3) is 10.9 Å². The van der Waals surface area contributed by atoms with Crippen LogP contribution in [0, 0.1) is 5.92 Å². The number of nitrogens with zero attached hydrogens (tertiary/aromatic N) is 1. The average Bonchev–Trinajstić information content (AvgIpc) is 2.51. The maximum absolute atomic E-state index is 12.2. The minimum absolute atomic E-state index is 0.0261. The Balaban J connectivity index is 1.87. The molecule has 0 atom stereocenters. The summed E-state index contributed by atoms with van der Waals surface area (Å²) in [6.07, 6.45) is 6.97. The zero-order valence-corrected chi connectivity index (χ0v) is 11.9. The van der Waals surface area contributed by atoms with Crippen molar-refractivity contribution in [3.63, 3.8) is 0 Å². The molecule has 0 unspecified atom stereocenters. The summed E-state index contributed by atoms with van der Waals surface area (Å²) in [5.41, 5.74) is 0.643. The van der Waals surface area contributed by atoms with Gasteiger partial charge in [0.05, 0.1) is 10.9 Å². The second kappa shape index (κ2) is 5.80. The van der Waals surface area contributed by atoms with Crippen LogP contribution in [0.2, 0.25) is 5.02 Å². The van der Waals surface area contributed by atoms with E-state index in [4.69, 9.17) is 16.3 Å². The summed E-state index contributed by atoms with van der Waals surface area (Å²) in [4.78, 5) is 16.5. The van der Waals surface area contributed by atoms with E-state index in [0.717, 1.165) is 31.1 Å². The number of pyridine rings is 1. The van der Waals surface area contributed by atoms with E-state index in [0.29, 0.717) is 16.3 Å². The van der Waals surface area contributed by atoms with Gasteiger partial charge in [0.15, 0.2) is 5.75 Å². The van der Waals surface area contributed by atoms with Crippen molar-refractivity contribution >= 4 is 28.5 Å². The molecule has 0 aliphatic heterocycles. The number of esters is 1. The Bertz CT molecular complexity index is 635. The molecule has 104 valence electrons. The molecule has 3 rings (SSSR count). The first-order valence-corrected chi connectivity index (χ1v) is 7.38. The number of halogens is 1. The molecule has 0 N–H and O–H groups in total. The van der Waals surface area contributed by atoms with Crippen LogP contribution in [0.15, 0.2) is 30.5 Å². The number of hydrogen-bond acceptors (Lipinski definition) is 3. The highest BCUT2D eigenvalue weighted by Gasteiger charge is 2.23. The fourth-order valence-electron chi connectivity index (χ4n) is 2.72. The number of fused-ring (bicyclic) bond motifs is 1. The lowest BCUT2D eigenvalue weighted by atomic mass is 9.89. The smallest absolute Gasteiger partial charge is 0.314 e. The van der Waals surface area contributed by atoms with Crippen molar-refractivity contribution in [3.8, 4) is 5.75 Å². The fourth-order valence-corrected chi connectivity index (χ4v) is 2.94. The largest absolute Gasteiger partial charge is 0.424 e. The lowest BCUT2D eigenvalue weighted by Gasteiger charge is -2.20. The maximum Gasteiger partial charge on any atom is 0.314 e. The highest BCUT2D eigenvalue weighted by molar-refractivity contribution is 6.35. The molecule has 1 aromatic carbocycles. The van der Waals surface area contributed by atoms with E-state index >= 15 is 0 Å². The van der Waals surface area contributed by atoms with E-state index in [-0.39, 0.29) is 11.9 Å². The van der Waals surface area contributed by atoms with Gasteiger partial charge in [-0.3, -0.25) is 9.78 Å². The summed E-state index contributed by atoms with van der Waals surface area (Å²) < 4.78 is 5.56. The number of benzene rings is 1. The third kappa shape index (κ3) is 2.63. The summed E-state index contributed by atoms with van der Waals surface area (Å²) in [6, 6.07) is 7.16. The van der Waals surface area contributed by atoms with Crippen LogP contribution in [0.3, 0.4) is 0 Å². The SMILES string of the molecule is O=C(Oc1ccc(Cl)c2cccnc12)C1CCCCC1. The zero-order valence-electron chi connectivity index (χ0n) is 11.1. The summed E-state index contributed by atoms with van der Waals surface area (Å²) in [6.45, 7) is 0. The maximum atomic E-state index is 12.2. The Labute approximate surface area is 122 Å². The summed E-state index contributed by atoms with van der Waals surface area (Å²) in [7, 11) is 0. The molecule has 4 heteroatoms. The van der Waals surface area contributed by atoms with Gasteiger partial charge in [0.25, 0.3) is 0 Å². The molecule has 0 radical (unpaired) electrons. The Morgan fingerprint density at radius 3 is 2.80 bits per heavy atom. The van der Waals surface area contributed by atoms with Gasteiger partial charge in [-0.2, -0.15) is 0 Å². The molecule has 0 saturated heterocycles. The molecule has 1 heterocycles. The number of rotatable bonds is 2. The van der Waals surface area contributed by atoms with Crippen LogP contribution < -0.4 is 4.74 Å². The second-order valence-corrected chi connectivity index (χ2v) is 5.61. The van der Waals surface area contributed by atoms with E-state index < -0.39 is 0 Å². The Hall–Kier alpha value is -1.61. The lowest BCUT2D eigenvalue weighted by molar-refractivity contribution is -0.139. The third-order valence-corrected chi connectivity index (χ3v) is 4.16. The fraction of sp³-hybridized carbons (Fsp3) is 0.375. The van der Waals surface area contributed by atoms with Crippen molar-refractivity contribution in [1.82, 2.24) is 4.98 Å². The van der Waals surface area contributed by atoms with Gasteiger partial charge >= 0.3 is 5.97 Å². The highest BCUT2D eigenvalue weighted by Crippen LogP contribution is 2.31. The van der Waals surface area contributed by atoms with Crippen molar-refractivity contribution in [3.05, 3.63) is 35.5 Å². The van der Waals surface area contributed by atoms with Crippen LogP contribution in [0.5, 0.6) is 5.75 Å². The van der Waals surface area contributed by atoms with E-state index in [9.17, 15) is 4.79 Å². The van der Waals surface area contributed by atoms with Crippen molar-refractivity contribution in [1.29, 1.82) is 0 Å². The summed E-state index contributed by atoms with van der Waals surface area (Å²) >= 11 is 6.13. The summed E-state index contributed by atoms with van der Waals surface area (Å²) in [5, 5.41) is 1.42. The van der Waals surface area contributed by atoms with Crippen molar-refractivity contribution in [2.24, 2.45) is 5.92 Å². The van der Waals surface area contributed by atoms with Gasteiger partial charge in [0.2, 0.25) is 0 Å². The number of ether oxygens (including phenoxy) is 1. The van der Waals surface area contributed by atoms with Gasteiger partial charge in [-0.1, -0.05) is 30.9 Å². The van der Waals surface area contributed by atoms with Gasteiger partial charge < -0.3 is 4.74 Å². The van der Waals surface area contributed by atoms with E-state index in [1.807, 2.05) is 12.1 Å². The molecule has 1 aliphatic carbocycles. The molecule has 20 heavy (non-hydrogen) atoms. The van der Waals surface area contributed by atoms with Crippen LogP contribution in [-0.2, 0) is 4.79 Å². The lowest BCUT2D eigenvalue weighted by Crippen LogP contribution is -2.22. The molecular formula is C16H16ClNO2. The third-order valence-electron chi connectivity index (χ3n) is 3.83. The van der Waals surface area contributed by atoms with Crippen LogP contribution >= 0.6 is 11.6 Å². The Morgan fingerprint density at radius 1 is 1.20 bits per heavy atom. The van der Waals surface area contributed by atoms with E-state index in [1.54, 1.807) is 18.3 Å². The Kier molecular flexibility index (Phi) is 3.88. The predicted octanol–water partition coefficient (Wildman–Crippen LogP) is 4.37. The first kappa shape index (κ1) is 13.4. The first-order valence-electron chi connectivity index (χ1n) is 7.00. The number of carbonyl (C=O) groups excluding carboxylic acids is 1. The van der Waals surface area contributed by atoms with Crippen molar-refractivity contribution in [2.45, 2.75) is 32.1 Å². The number of carbonyl (C=O) groups is 1. The first-order chi connectivity index (χ1) is 9.75. The van der Waals surface area contributed by atoms with Gasteiger partial charge in [0.1, 0.15) is 5.52 Å². The Morgan fingerprint density at radius 2 is 2.00 bits per heavy atom. The molecule has 0 amide bonds. The van der Waals surface area contributed by atoms with Gasteiger partial charge in [-0.25, -0.2) is 0 Å². The minimum Gasteiger partial charge on any atom is -0.424 e. The molecule has 1 saturated carbocycles. The standard InChI is InChI=1S/C16H16ClNO2/c17-13-8-9-14(15-12(13)7-4-10-18-15)20-16(19)11-5-2-1-3-6-11/h4,7-11H,1-3,5-6H2. The quantitative estimate of drug-likeness (QED) is 0.608. The monoisotopic (exact) mass is 289 g/mol. The molecule has 1 aliphatic rings. The number of aromatic nitrogens is 1. The minimum atomic E-state index is -0.140. The summed E-state index contributed by atoms with van der Waals surface area (Å²) in [5.74, 6) is 0.387. The molecular weight excluding hydrogens is 274 g/mol. The van der Waals surface area contributed by atoms with Gasteiger partial charge in [0, 0.05) is 11.6 Å². The molecule has 2 aromatic rings. The molecule has 1 fully saturated rings. The average molecular weight is 290 g/mol. The molecule has 0 spiro atoms. The van der Waals surface area contributed by atoms with E-state index in [1.165, 1.54) is 6.42 Å².